The maximum atomic E-state index is 8.70. The highest BCUT2D eigenvalue weighted by atomic mass is 16.4. The Morgan fingerprint density at radius 2 is 2.25 bits per heavy atom. The zero-order valence-corrected chi connectivity index (χ0v) is 12.6. The number of rotatable bonds is 4. The Morgan fingerprint density at radius 1 is 1.50 bits per heavy atom. The van der Waals surface area contributed by atoms with E-state index in [1.54, 1.807) is 0 Å². The van der Waals surface area contributed by atoms with Crippen LogP contribution in [0.1, 0.15) is 49.8 Å². The average molecular weight is 275 g/mol. The Balaban J connectivity index is 2.04. The summed E-state index contributed by atoms with van der Waals surface area (Å²) in [6.45, 7) is 7.61. The van der Waals surface area contributed by atoms with E-state index in [2.05, 4.69) is 37.3 Å². The number of nitrogens with one attached hydrogen (secondary N) is 1. The third kappa shape index (κ3) is 3.12. The fourth-order valence-electron chi connectivity index (χ4n) is 3.05. The summed E-state index contributed by atoms with van der Waals surface area (Å²) in [5.74, 6) is 0.157. The second-order valence-corrected chi connectivity index (χ2v) is 6.44. The highest BCUT2D eigenvalue weighted by Crippen LogP contribution is 2.37. The Hall–Kier alpha value is -1.55. The van der Waals surface area contributed by atoms with Gasteiger partial charge in [-0.3, -0.25) is 0 Å². The highest BCUT2D eigenvalue weighted by molar-refractivity contribution is 5.97. The third-order valence-electron chi connectivity index (χ3n) is 4.54. The van der Waals surface area contributed by atoms with Crippen molar-refractivity contribution in [1.29, 1.82) is 0 Å². The number of nitrogens with zero attached hydrogens (tertiary/aromatic N) is 1. The van der Waals surface area contributed by atoms with Gasteiger partial charge in [0.25, 0.3) is 0 Å². The number of benzene rings is 1. The maximum Gasteiger partial charge on any atom is 0.170 e. The second kappa shape index (κ2) is 5.83. The van der Waals surface area contributed by atoms with Gasteiger partial charge in [-0.1, -0.05) is 37.6 Å². The van der Waals surface area contributed by atoms with Crippen LogP contribution in [0.5, 0.6) is 0 Å². The molecular formula is C16H25N3O. The van der Waals surface area contributed by atoms with Crippen molar-refractivity contribution < 1.29 is 5.21 Å². The minimum absolute atomic E-state index is 0.157. The summed E-state index contributed by atoms with van der Waals surface area (Å²) in [5, 5.41) is 15.4. The number of aryl methyl sites for hydroxylation is 1. The van der Waals surface area contributed by atoms with Crippen molar-refractivity contribution in [2.75, 3.05) is 0 Å². The van der Waals surface area contributed by atoms with Gasteiger partial charge in [-0.15, -0.1) is 0 Å². The first-order chi connectivity index (χ1) is 9.44. The smallest absolute Gasteiger partial charge is 0.170 e. The predicted molar refractivity (Wildman–Crippen MR) is 81.9 cm³/mol. The standard InChI is InChI=1S/C16H25N3O/c1-11-9-12(15(17)19-20)6-7-13(11)10-18-14-5-4-8-16(14,2)3/h6-7,9,14,18,20H,4-5,8,10H2,1-3H3,(H2,17,19). The lowest BCUT2D eigenvalue weighted by Crippen LogP contribution is -2.37. The monoisotopic (exact) mass is 275 g/mol. The van der Waals surface area contributed by atoms with Crippen molar-refractivity contribution in [3.05, 3.63) is 34.9 Å². The van der Waals surface area contributed by atoms with Gasteiger partial charge in [-0.2, -0.15) is 0 Å². The highest BCUT2D eigenvalue weighted by Gasteiger charge is 2.33. The van der Waals surface area contributed by atoms with Crippen LogP contribution in [0.4, 0.5) is 0 Å². The largest absolute Gasteiger partial charge is 0.409 e. The predicted octanol–water partition coefficient (Wildman–Crippen LogP) is 2.76. The minimum Gasteiger partial charge on any atom is -0.409 e. The van der Waals surface area contributed by atoms with Crippen LogP contribution >= 0.6 is 0 Å². The van der Waals surface area contributed by atoms with Gasteiger partial charge in [0, 0.05) is 18.2 Å². The summed E-state index contributed by atoms with van der Waals surface area (Å²) in [4.78, 5) is 0. The quantitative estimate of drug-likeness (QED) is 0.342. The summed E-state index contributed by atoms with van der Waals surface area (Å²) in [7, 11) is 0. The van der Waals surface area contributed by atoms with E-state index in [-0.39, 0.29) is 5.84 Å². The third-order valence-corrected chi connectivity index (χ3v) is 4.54. The number of oxime groups is 1. The van der Waals surface area contributed by atoms with Gasteiger partial charge in [0.05, 0.1) is 0 Å². The molecule has 0 bridgehead atoms. The van der Waals surface area contributed by atoms with Gasteiger partial charge in [-0.05, 0) is 42.4 Å². The molecule has 0 aromatic heterocycles. The molecule has 0 aliphatic heterocycles. The first kappa shape index (κ1) is 14.9. The Labute approximate surface area is 121 Å². The molecule has 4 nitrogen and oxygen atoms in total. The molecule has 1 atom stereocenters. The van der Waals surface area contributed by atoms with Crippen LogP contribution in [0, 0.1) is 12.3 Å². The van der Waals surface area contributed by atoms with Crippen LogP contribution in [0.3, 0.4) is 0 Å². The number of hydrogen-bond donors (Lipinski definition) is 3. The number of amidine groups is 1. The zero-order valence-electron chi connectivity index (χ0n) is 12.6. The van der Waals surface area contributed by atoms with Gasteiger partial charge in [0.2, 0.25) is 0 Å². The molecule has 2 rings (SSSR count). The SMILES string of the molecule is Cc1cc(/C(N)=N/O)ccc1CNC1CCCC1(C)C. The molecule has 4 heteroatoms. The van der Waals surface area contributed by atoms with Crippen LogP contribution in [0.2, 0.25) is 0 Å². The lowest BCUT2D eigenvalue weighted by atomic mass is 9.87. The first-order valence-corrected chi connectivity index (χ1v) is 7.25. The molecule has 1 aliphatic carbocycles. The second-order valence-electron chi connectivity index (χ2n) is 6.44. The molecule has 20 heavy (non-hydrogen) atoms. The van der Waals surface area contributed by atoms with E-state index >= 15 is 0 Å². The molecule has 1 fully saturated rings. The molecule has 0 amide bonds. The average Bonchev–Trinajstić information content (AvgIpc) is 2.75. The van der Waals surface area contributed by atoms with Gasteiger partial charge in [-0.25, -0.2) is 0 Å². The van der Waals surface area contributed by atoms with E-state index in [1.807, 2.05) is 12.1 Å². The van der Waals surface area contributed by atoms with Gasteiger partial charge < -0.3 is 16.3 Å². The van der Waals surface area contributed by atoms with Gasteiger partial charge in [0.15, 0.2) is 5.84 Å². The van der Waals surface area contributed by atoms with Crippen molar-refractivity contribution in [3.8, 4) is 0 Å². The van der Waals surface area contributed by atoms with Crippen molar-refractivity contribution >= 4 is 5.84 Å². The van der Waals surface area contributed by atoms with Gasteiger partial charge in [0.1, 0.15) is 0 Å². The molecule has 1 unspecified atom stereocenters. The lowest BCUT2D eigenvalue weighted by molar-refractivity contribution is 0.282. The minimum atomic E-state index is 0.157. The molecule has 0 radical (unpaired) electrons. The number of nitrogens with two attached hydrogens (primary N) is 1. The molecule has 1 aromatic rings. The van der Waals surface area contributed by atoms with E-state index in [0.717, 1.165) is 17.7 Å². The zero-order chi connectivity index (χ0) is 14.8. The van der Waals surface area contributed by atoms with Crippen LogP contribution in [0.25, 0.3) is 0 Å². The summed E-state index contributed by atoms with van der Waals surface area (Å²) in [5.41, 5.74) is 9.19. The molecule has 1 saturated carbocycles. The Bertz CT molecular complexity index is 508. The molecule has 0 spiro atoms. The molecule has 1 aromatic carbocycles. The lowest BCUT2D eigenvalue weighted by Gasteiger charge is -2.28. The van der Waals surface area contributed by atoms with Crippen molar-refractivity contribution in [2.45, 2.75) is 52.6 Å². The molecule has 110 valence electrons. The van der Waals surface area contributed by atoms with E-state index in [4.69, 9.17) is 10.9 Å². The van der Waals surface area contributed by atoms with E-state index in [0.29, 0.717) is 11.5 Å². The van der Waals surface area contributed by atoms with Crippen molar-refractivity contribution in [2.24, 2.45) is 16.3 Å². The van der Waals surface area contributed by atoms with Crippen molar-refractivity contribution in [3.63, 3.8) is 0 Å². The fourth-order valence-corrected chi connectivity index (χ4v) is 3.05. The summed E-state index contributed by atoms with van der Waals surface area (Å²) < 4.78 is 0. The number of hydrogen-bond acceptors (Lipinski definition) is 3. The van der Waals surface area contributed by atoms with Crippen molar-refractivity contribution in [1.82, 2.24) is 5.32 Å². The molecule has 0 saturated heterocycles. The summed E-state index contributed by atoms with van der Waals surface area (Å²) in [6.07, 6.45) is 3.87. The van der Waals surface area contributed by atoms with Crippen LogP contribution in [-0.2, 0) is 6.54 Å². The molecule has 0 heterocycles. The first-order valence-electron chi connectivity index (χ1n) is 7.25. The topological polar surface area (TPSA) is 70.6 Å². The van der Waals surface area contributed by atoms with E-state index in [9.17, 15) is 0 Å². The van der Waals surface area contributed by atoms with E-state index in [1.165, 1.54) is 24.8 Å². The van der Waals surface area contributed by atoms with Crippen LogP contribution < -0.4 is 11.1 Å². The molecular weight excluding hydrogens is 250 g/mol. The Kier molecular flexibility index (Phi) is 4.33. The van der Waals surface area contributed by atoms with E-state index < -0.39 is 0 Å². The Morgan fingerprint density at radius 3 is 2.80 bits per heavy atom. The summed E-state index contributed by atoms with van der Waals surface area (Å²) >= 11 is 0. The molecule has 4 N–H and O–H groups in total. The fraction of sp³-hybridized carbons (Fsp3) is 0.562. The maximum absolute atomic E-state index is 8.70. The van der Waals surface area contributed by atoms with Crippen LogP contribution in [0.15, 0.2) is 23.4 Å². The van der Waals surface area contributed by atoms with Gasteiger partial charge >= 0.3 is 0 Å². The molecule has 1 aliphatic rings. The summed E-state index contributed by atoms with van der Waals surface area (Å²) in [6, 6.07) is 6.51. The normalized spacial score (nSPS) is 22.1. The van der Waals surface area contributed by atoms with Crippen LogP contribution in [-0.4, -0.2) is 17.1 Å².